The van der Waals surface area contributed by atoms with Gasteiger partial charge in [0.05, 0.1) is 11.8 Å². The quantitative estimate of drug-likeness (QED) is 0.823. The second kappa shape index (κ2) is 6.22. The van der Waals surface area contributed by atoms with Crippen LogP contribution >= 0.6 is 11.8 Å². The van der Waals surface area contributed by atoms with Crippen molar-refractivity contribution >= 4 is 17.3 Å². The lowest BCUT2D eigenvalue weighted by Crippen LogP contribution is -2.32. The Kier molecular flexibility index (Phi) is 4.77. The summed E-state index contributed by atoms with van der Waals surface area (Å²) in [7, 11) is 0. The van der Waals surface area contributed by atoms with Gasteiger partial charge in [0.2, 0.25) is 0 Å². The smallest absolute Gasteiger partial charge is 0.250 e. The van der Waals surface area contributed by atoms with Gasteiger partial charge in [0.25, 0.3) is 5.92 Å². The number of rotatable bonds is 5. The first-order chi connectivity index (χ1) is 9.76. The van der Waals surface area contributed by atoms with Gasteiger partial charge in [0.15, 0.2) is 0 Å². The van der Waals surface area contributed by atoms with Crippen molar-refractivity contribution in [1.29, 1.82) is 0 Å². The van der Waals surface area contributed by atoms with Gasteiger partial charge in [-0.3, -0.25) is 0 Å². The van der Waals surface area contributed by atoms with Crippen molar-refractivity contribution in [2.45, 2.75) is 43.7 Å². The number of thioether (sulfide) groups is 1. The Morgan fingerprint density at radius 2 is 2.14 bits per heavy atom. The predicted octanol–water partition coefficient (Wildman–Crippen LogP) is 4.98. The zero-order valence-electron chi connectivity index (χ0n) is 12.5. The van der Waals surface area contributed by atoms with Crippen LogP contribution in [0.3, 0.4) is 0 Å². The minimum atomic E-state index is -2.71. The first-order valence-corrected chi connectivity index (χ1v) is 8.01. The number of hydrogen-bond donors (Lipinski definition) is 1. The Morgan fingerprint density at radius 3 is 2.76 bits per heavy atom. The summed E-state index contributed by atoms with van der Waals surface area (Å²) in [6.07, 6.45) is 0.498. The number of nitrogens with one attached hydrogen (secondary N) is 1. The highest BCUT2D eigenvalue weighted by molar-refractivity contribution is 7.99. The third-order valence-electron chi connectivity index (χ3n) is 3.46. The molecule has 0 spiro atoms. The summed E-state index contributed by atoms with van der Waals surface area (Å²) in [5.41, 5.74) is 5.26. The largest absolute Gasteiger partial charge is 0.377 e. The van der Waals surface area contributed by atoms with Gasteiger partial charge in [-0.2, -0.15) is 0 Å². The molecule has 0 radical (unpaired) electrons. The van der Waals surface area contributed by atoms with Crippen LogP contribution in [0, 0.1) is 0 Å². The highest BCUT2D eigenvalue weighted by Gasteiger charge is 2.25. The van der Waals surface area contributed by atoms with Gasteiger partial charge >= 0.3 is 0 Å². The average molecular weight is 309 g/mol. The zero-order chi connectivity index (χ0) is 15.6. The van der Waals surface area contributed by atoms with Crippen molar-refractivity contribution in [2.75, 3.05) is 0 Å². The molecule has 21 heavy (non-hydrogen) atoms. The maximum absolute atomic E-state index is 13.0. The highest BCUT2D eigenvalue weighted by atomic mass is 32.2. The van der Waals surface area contributed by atoms with Gasteiger partial charge in [0, 0.05) is 17.9 Å². The van der Waals surface area contributed by atoms with Crippen LogP contribution in [-0.2, 0) is 12.2 Å². The second-order valence-corrected chi connectivity index (χ2v) is 6.91. The van der Waals surface area contributed by atoms with Crippen LogP contribution in [0.15, 0.2) is 37.1 Å². The molecule has 0 amide bonds. The van der Waals surface area contributed by atoms with Gasteiger partial charge in [-0.1, -0.05) is 36.9 Å². The van der Waals surface area contributed by atoms with E-state index in [0.717, 1.165) is 24.7 Å². The molecule has 1 aliphatic rings. The Labute approximate surface area is 129 Å². The SMILES string of the molecule is C=C(CC(C)(F)F)NC1Cc2cccc(C(=C)C)c2CS1. The summed E-state index contributed by atoms with van der Waals surface area (Å²) in [6.45, 7) is 10.7. The van der Waals surface area contributed by atoms with Crippen molar-refractivity contribution < 1.29 is 8.78 Å². The molecule has 0 fully saturated rings. The molecule has 0 saturated heterocycles. The molecule has 1 aliphatic heterocycles. The van der Waals surface area contributed by atoms with Crippen LogP contribution in [0.1, 0.15) is 37.0 Å². The Hall–Kier alpha value is -1.29. The molecule has 1 atom stereocenters. The Balaban J connectivity index is 2.05. The van der Waals surface area contributed by atoms with E-state index in [9.17, 15) is 8.78 Å². The van der Waals surface area contributed by atoms with Crippen LogP contribution in [0.5, 0.6) is 0 Å². The topological polar surface area (TPSA) is 12.0 Å². The third kappa shape index (κ3) is 4.34. The lowest BCUT2D eigenvalue weighted by atomic mass is 9.96. The van der Waals surface area contributed by atoms with Crippen molar-refractivity contribution in [1.82, 2.24) is 5.32 Å². The van der Waals surface area contributed by atoms with Crippen LogP contribution in [0.25, 0.3) is 5.57 Å². The van der Waals surface area contributed by atoms with Gasteiger partial charge in [-0.05, 0) is 30.5 Å². The summed E-state index contributed by atoms with van der Waals surface area (Å²) in [5, 5.41) is 3.24. The maximum atomic E-state index is 13.0. The highest BCUT2D eigenvalue weighted by Crippen LogP contribution is 2.34. The molecule has 0 bridgehead atoms. The molecule has 1 unspecified atom stereocenters. The number of fused-ring (bicyclic) bond motifs is 1. The fraction of sp³-hybridized carbons (Fsp3) is 0.412. The third-order valence-corrected chi connectivity index (χ3v) is 4.60. The van der Waals surface area contributed by atoms with E-state index in [-0.39, 0.29) is 11.8 Å². The van der Waals surface area contributed by atoms with Crippen molar-refractivity contribution in [2.24, 2.45) is 0 Å². The molecule has 114 valence electrons. The summed E-state index contributed by atoms with van der Waals surface area (Å²) in [6, 6.07) is 6.23. The predicted molar refractivity (Wildman–Crippen MR) is 87.5 cm³/mol. The average Bonchev–Trinajstić information content (AvgIpc) is 2.35. The molecular formula is C17H21F2NS. The van der Waals surface area contributed by atoms with Gasteiger partial charge in [0.1, 0.15) is 0 Å². The van der Waals surface area contributed by atoms with E-state index in [1.54, 1.807) is 11.8 Å². The summed E-state index contributed by atoms with van der Waals surface area (Å²) >= 11 is 1.73. The second-order valence-electron chi connectivity index (χ2n) is 5.72. The number of hydrogen-bond acceptors (Lipinski definition) is 2. The molecule has 1 aromatic rings. The molecule has 1 nitrogen and oxygen atoms in total. The minimum absolute atomic E-state index is 0.104. The van der Waals surface area contributed by atoms with E-state index in [1.807, 2.05) is 13.0 Å². The lowest BCUT2D eigenvalue weighted by molar-refractivity contribution is 0.0211. The monoisotopic (exact) mass is 309 g/mol. The molecule has 1 aromatic carbocycles. The first-order valence-electron chi connectivity index (χ1n) is 6.96. The fourth-order valence-corrected chi connectivity index (χ4v) is 3.84. The Morgan fingerprint density at radius 1 is 1.43 bits per heavy atom. The van der Waals surface area contributed by atoms with E-state index in [4.69, 9.17) is 0 Å². The van der Waals surface area contributed by atoms with Crippen LogP contribution in [-0.4, -0.2) is 11.3 Å². The molecular weight excluding hydrogens is 288 g/mol. The molecule has 2 rings (SSSR count). The maximum Gasteiger partial charge on any atom is 0.250 e. The van der Waals surface area contributed by atoms with Crippen LogP contribution in [0.4, 0.5) is 8.78 Å². The Bertz CT molecular complexity index is 560. The molecule has 0 saturated carbocycles. The van der Waals surface area contributed by atoms with E-state index >= 15 is 0 Å². The number of alkyl halides is 2. The fourth-order valence-electron chi connectivity index (χ4n) is 2.58. The summed E-state index contributed by atoms with van der Waals surface area (Å²) in [4.78, 5) is 0. The van der Waals surface area contributed by atoms with Crippen molar-refractivity contribution in [3.63, 3.8) is 0 Å². The molecule has 1 N–H and O–H groups in total. The molecule has 0 aromatic heterocycles. The van der Waals surface area contributed by atoms with Crippen LogP contribution < -0.4 is 5.32 Å². The molecule has 1 heterocycles. The van der Waals surface area contributed by atoms with Crippen molar-refractivity contribution in [3.05, 3.63) is 53.7 Å². The van der Waals surface area contributed by atoms with E-state index in [0.29, 0.717) is 5.70 Å². The molecule has 4 heteroatoms. The van der Waals surface area contributed by atoms with Crippen LogP contribution in [0.2, 0.25) is 0 Å². The minimum Gasteiger partial charge on any atom is -0.377 e. The van der Waals surface area contributed by atoms with Crippen molar-refractivity contribution in [3.8, 4) is 0 Å². The normalized spacial score (nSPS) is 18.0. The number of benzene rings is 1. The molecule has 0 aliphatic carbocycles. The van der Waals surface area contributed by atoms with E-state index in [1.165, 1.54) is 16.7 Å². The van der Waals surface area contributed by atoms with E-state index < -0.39 is 5.92 Å². The summed E-state index contributed by atoms with van der Waals surface area (Å²) < 4.78 is 26.0. The number of halogens is 2. The lowest BCUT2D eigenvalue weighted by Gasteiger charge is -2.29. The number of allylic oxidation sites excluding steroid dienone is 2. The van der Waals surface area contributed by atoms with Gasteiger partial charge in [-0.25, -0.2) is 8.78 Å². The standard InChI is InChI=1S/C17H21F2NS/c1-11(2)14-7-5-6-13-8-16(21-10-15(13)14)20-12(3)9-17(4,18)19/h5-7,16,20H,1,3,8-10H2,2,4H3. The van der Waals surface area contributed by atoms with E-state index in [2.05, 4.69) is 30.6 Å². The van der Waals surface area contributed by atoms with Gasteiger partial charge in [-0.15, -0.1) is 11.8 Å². The first kappa shape index (κ1) is 16.1. The zero-order valence-corrected chi connectivity index (χ0v) is 13.3. The summed E-state index contributed by atoms with van der Waals surface area (Å²) in [5.74, 6) is -1.85. The van der Waals surface area contributed by atoms with Gasteiger partial charge < -0.3 is 5.32 Å².